The number of hydrogen-bond acceptors (Lipinski definition) is 4. The van der Waals surface area contributed by atoms with Crippen LogP contribution in [0.2, 0.25) is 0 Å². The van der Waals surface area contributed by atoms with Crippen molar-refractivity contribution in [2.24, 2.45) is 0 Å². The Bertz CT molecular complexity index is 721. The Hall–Kier alpha value is -2.45. The SMILES string of the molecule is N#Cc1ccc(NCC(=O)N2CCSc3ccccc32)cc1. The van der Waals surface area contributed by atoms with Gasteiger partial charge in [-0.05, 0) is 36.4 Å². The number of rotatable bonds is 3. The van der Waals surface area contributed by atoms with Gasteiger partial charge in [0.05, 0.1) is 23.9 Å². The summed E-state index contributed by atoms with van der Waals surface area (Å²) < 4.78 is 0. The van der Waals surface area contributed by atoms with Crippen molar-refractivity contribution in [1.29, 1.82) is 5.26 Å². The van der Waals surface area contributed by atoms with Gasteiger partial charge in [0.2, 0.25) is 5.91 Å². The van der Waals surface area contributed by atoms with Gasteiger partial charge in [-0.2, -0.15) is 5.26 Å². The number of fused-ring (bicyclic) bond motifs is 1. The van der Waals surface area contributed by atoms with E-state index in [1.54, 1.807) is 23.9 Å². The average Bonchev–Trinajstić information content (AvgIpc) is 2.59. The Morgan fingerprint density at radius 1 is 1.23 bits per heavy atom. The highest BCUT2D eigenvalue weighted by atomic mass is 32.2. The first-order chi connectivity index (χ1) is 10.8. The highest BCUT2D eigenvalue weighted by molar-refractivity contribution is 7.99. The zero-order chi connectivity index (χ0) is 15.4. The van der Waals surface area contributed by atoms with Gasteiger partial charge >= 0.3 is 0 Å². The van der Waals surface area contributed by atoms with Crippen LogP contribution in [0.1, 0.15) is 5.56 Å². The van der Waals surface area contributed by atoms with E-state index in [2.05, 4.69) is 11.4 Å². The van der Waals surface area contributed by atoms with E-state index in [0.29, 0.717) is 5.56 Å². The third-order valence-electron chi connectivity index (χ3n) is 3.49. The number of nitriles is 1. The van der Waals surface area contributed by atoms with E-state index >= 15 is 0 Å². The molecule has 0 aromatic heterocycles. The van der Waals surface area contributed by atoms with Crippen LogP contribution in [0.25, 0.3) is 0 Å². The molecule has 5 heteroatoms. The number of amides is 1. The molecule has 0 radical (unpaired) electrons. The molecular weight excluding hydrogens is 294 g/mol. The van der Waals surface area contributed by atoms with E-state index in [0.717, 1.165) is 28.6 Å². The second-order valence-corrected chi connectivity index (χ2v) is 6.04. The van der Waals surface area contributed by atoms with Gasteiger partial charge in [0, 0.05) is 22.9 Å². The molecule has 0 saturated carbocycles. The minimum atomic E-state index is 0.0529. The predicted molar refractivity (Wildman–Crippen MR) is 89.2 cm³/mol. The number of carbonyl (C=O) groups is 1. The van der Waals surface area contributed by atoms with Crippen LogP contribution in [0.4, 0.5) is 11.4 Å². The van der Waals surface area contributed by atoms with Gasteiger partial charge in [0.1, 0.15) is 0 Å². The smallest absolute Gasteiger partial charge is 0.246 e. The van der Waals surface area contributed by atoms with Crippen molar-refractivity contribution in [1.82, 2.24) is 0 Å². The lowest BCUT2D eigenvalue weighted by Crippen LogP contribution is -2.39. The molecule has 1 N–H and O–H groups in total. The number of hydrogen-bond donors (Lipinski definition) is 1. The van der Waals surface area contributed by atoms with Crippen LogP contribution in [0.15, 0.2) is 53.4 Å². The number of benzene rings is 2. The van der Waals surface area contributed by atoms with Crippen LogP contribution in [-0.2, 0) is 4.79 Å². The number of nitrogens with zero attached hydrogens (tertiary/aromatic N) is 2. The van der Waals surface area contributed by atoms with Crippen molar-refractivity contribution >= 4 is 29.0 Å². The fourth-order valence-corrected chi connectivity index (χ4v) is 3.36. The number of para-hydroxylation sites is 1. The van der Waals surface area contributed by atoms with Crippen molar-refractivity contribution in [3.8, 4) is 6.07 Å². The normalized spacial score (nSPS) is 13.1. The summed E-state index contributed by atoms with van der Waals surface area (Å²) in [6, 6.07) is 17.2. The topological polar surface area (TPSA) is 56.1 Å². The Morgan fingerprint density at radius 3 is 2.77 bits per heavy atom. The Balaban J connectivity index is 1.66. The van der Waals surface area contributed by atoms with E-state index in [-0.39, 0.29) is 12.5 Å². The lowest BCUT2D eigenvalue weighted by molar-refractivity contribution is -0.117. The summed E-state index contributed by atoms with van der Waals surface area (Å²) in [4.78, 5) is 15.4. The van der Waals surface area contributed by atoms with E-state index in [9.17, 15) is 4.79 Å². The Labute approximate surface area is 133 Å². The molecule has 22 heavy (non-hydrogen) atoms. The molecule has 3 rings (SSSR count). The van der Waals surface area contributed by atoms with E-state index in [4.69, 9.17) is 5.26 Å². The first-order valence-corrected chi connectivity index (χ1v) is 8.03. The highest BCUT2D eigenvalue weighted by Gasteiger charge is 2.22. The van der Waals surface area contributed by atoms with Gasteiger partial charge in [-0.1, -0.05) is 12.1 Å². The van der Waals surface area contributed by atoms with Gasteiger partial charge in [-0.25, -0.2) is 0 Å². The van der Waals surface area contributed by atoms with Crippen molar-refractivity contribution in [2.45, 2.75) is 4.90 Å². The summed E-state index contributed by atoms with van der Waals surface area (Å²) in [5, 5.41) is 11.9. The standard InChI is InChI=1S/C17H15N3OS/c18-11-13-5-7-14(8-6-13)19-12-17(21)20-9-10-22-16-4-2-1-3-15(16)20/h1-8,19H,9-10,12H2. The van der Waals surface area contributed by atoms with Gasteiger partial charge in [-0.3, -0.25) is 4.79 Å². The zero-order valence-corrected chi connectivity index (χ0v) is 12.8. The molecule has 110 valence electrons. The van der Waals surface area contributed by atoms with E-state index < -0.39 is 0 Å². The maximum atomic E-state index is 12.5. The monoisotopic (exact) mass is 309 g/mol. The molecule has 4 nitrogen and oxygen atoms in total. The molecule has 0 aliphatic carbocycles. The molecule has 1 heterocycles. The lowest BCUT2D eigenvalue weighted by atomic mass is 10.2. The van der Waals surface area contributed by atoms with E-state index in [1.807, 2.05) is 41.3 Å². The van der Waals surface area contributed by atoms with Crippen LogP contribution in [0, 0.1) is 11.3 Å². The van der Waals surface area contributed by atoms with Crippen LogP contribution in [-0.4, -0.2) is 24.7 Å². The number of anilines is 2. The molecule has 1 aliphatic heterocycles. The summed E-state index contributed by atoms with van der Waals surface area (Å²) in [6.07, 6.45) is 0. The number of thioether (sulfide) groups is 1. The minimum absolute atomic E-state index is 0.0529. The first-order valence-electron chi connectivity index (χ1n) is 7.04. The lowest BCUT2D eigenvalue weighted by Gasteiger charge is -2.29. The van der Waals surface area contributed by atoms with Gasteiger partial charge in [-0.15, -0.1) is 11.8 Å². The highest BCUT2D eigenvalue weighted by Crippen LogP contribution is 2.34. The largest absolute Gasteiger partial charge is 0.376 e. The summed E-state index contributed by atoms with van der Waals surface area (Å²) in [5.41, 5.74) is 2.44. The first kappa shape index (κ1) is 14.5. The molecule has 2 aromatic rings. The predicted octanol–water partition coefficient (Wildman–Crippen LogP) is 3.11. The van der Waals surface area contributed by atoms with Crippen LogP contribution in [0.3, 0.4) is 0 Å². The maximum Gasteiger partial charge on any atom is 0.246 e. The van der Waals surface area contributed by atoms with Crippen LogP contribution < -0.4 is 10.2 Å². The minimum Gasteiger partial charge on any atom is -0.376 e. The molecular formula is C17H15N3OS. The Morgan fingerprint density at radius 2 is 2.00 bits per heavy atom. The van der Waals surface area contributed by atoms with Crippen molar-refractivity contribution in [3.63, 3.8) is 0 Å². The molecule has 0 unspecified atom stereocenters. The molecule has 1 aliphatic rings. The van der Waals surface area contributed by atoms with Crippen molar-refractivity contribution < 1.29 is 4.79 Å². The molecule has 0 atom stereocenters. The molecule has 0 fully saturated rings. The third-order valence-corrected chi connectivity index (χ3v) is 4.53. The molecule has 0 spiro atoms. The summed E-state index contributed by atoms with van der Waals surface area (Å²) in [6.45, 7) is 0.973. The average molecular weight is 309 g/mol. The fraction of sp³-hybridized carbons (Fsp3) is 0.176. The third kappa shape index (κ3) is 3.07. The van der Waals surface area contributed by atoms with Crippen molar-refractivity contribution in [2.75, 3.05) is 29.1 Å². The van der Waals surface area contributed by atoms with Crippen LogP contribution in [0.5, 0.6) is 0 Å². The molecule has 2 aromatic carbocycles. The summed E-state index contributed by atoms with van der Waals surface area (Å²) >= 11 is 1.78. The van der Waals surface area contributed by atoms with E-state index in [1.165, 1.54) is 0 Å². The molecule has 0 saturated heterocycles. The fourth-order valence-electron chi connectivity index (χ4n) is 2.36. The summed E-state index contributed by atoms with van der Waals surface area (Å²) in [7, 11) is 0. The maximum absolute atomic E-state index is 12.5. The summed E-state index contributed by atoms with van der Waals surface area (Å²) in [5.74, 6) is 0.969. The zero-order valence-electron chi connectivity index (χ0n) is 12.0. The number of carbonyl (C=O) groups excluding carboxylic acids is 1. The second-order valence-electron chi connectivity index (χ2n) is 4.90. The van der Waals surface area contributed by atoms with Gasteiger partial charge in [0.25, 0.3) is 0 Å². The van der Waals surface area contributed by atoms with Gasteiger partial charge in [0.15, 0.2) is 0 Å². The number of nitrogens with one attached hydrogen (secondary N) is 1. The molecule has 0 bridgehead atoms. The molecule has 1 amide bonds. The van der Waals surface area contributed by atoms with Crippen molar-refractivity contribution in [3.05, 3.63) is 54.1 Å². The second kappa shape index (κ2) is 6.54. The quantitative estimate of drug-likeness (QED) is 0.946. The van der Waals surface area contributed by atoms with Gasteiger partial charge < -0.3 is 10.2 Å². The Kier molecular flexibility index (Phi) is 4.31. The van der Waals surface area contributed by atoms with Crippen LogP contribution >= 0.6 is 11.8 Å².